The summed E-state index contributed by atoms with van der Waals surface area (Å²) in [6.45, 7) is 5.26. The fourth-order valence-electron chi connectivity index (χ4n) is 2.51. The number of para-hydroxylation sites is 1. The van der Waals surface area contributed by atoms with Crippen LogP contribution in [-0.2, 0) is 0 Å². The highest BCUT2D eigenvalue weighted by Crippen LogP contribution is 2.17. The van der Waals surface area contributed by atoms with Crippen LogP contribution in [0, 0.1) is 11.3 Å². The van der Waals surface area contributed by atoms with Crippen LogP contribution >= 0.6 is 0 Å². The number of rotatable bonds is 3. The highest BCUT2D eigenvalue weighted by molar-refractivity contribution is 5.40. The van der Waals surface area contributed by atoms with E-state index in [0.717, 1.165) is 37.8 Å². The Morgan fingerprint density at radius 2 is 1.86 bits per heavy atom. The first-order valence-electron chi connectivity index (χ1n) is 7.02. The minimum Gasteiger partial charge on any atom is -0.337 e. The lowest BCUT2D eigenvalue weighted by molar-refractivity contribution is 0.230. The average Bonchev–Trinajstić information content (AvgIpc) is 3.04. The maximum Gasteiger partial charge on any atom is 0.250 e. The Labute approximate surface area is 123 Å². The Bertz CT molecular complexity index is 622. The van der Waals surface area contributed by atoms with E-state index in [-0.39, 0.29) is 6.04 Å². The van der Waals surface area contributed by atoms with Crippen LogP contribution < -0.4 is 4.90 Å². The molecule has 1 aliphatic heterocycles. The molecule has 1 unspecified atom stereocenters. The van der Waals surface area contributed by atoms with Crippen molar-refractivity contribution in [3.63, 3.8) is 0 Å². The SMILES string of the molecule is CC(C#N)N1CCN(c2nnnn2-c2ccccc2)CC1. The molecule has 2 aromatic rings. The van der Waals surface area contributed by atoms with Crippen molar-refractivity contribution in [1.82, 2.24) is 25.1 Å². The van der Waals surface area contributed by atoms with E-state index in [4.69, 9.17) is 5.26 Å². The van der Waals surface area contributed by atoms with Crippen LogP contribution in [0.2, 0.25) is 0 Å². The number of nitrogens with zero attached hydrogens (tertiary/aromatic N) is 7. The van der Waals surface area contributed by atoms with E-state index in [1.54, 1.807) is 4.68 Å². The Morgan fingerprint density at radius 1 is 1.14 bits per heavy atom. The molecule has 1 saturated heterocycles. The summed E-state index contributed by atoms with van der Waals surface area (Å²) in [7, 11) is 0. The van der Waals surface area contributed by atoms with E-state index >= 15 is 0 Å². The Kier molecular flexibility index (Phi) is 3.79. The Hall–Kier alpha value is -2.46. The lowest BCUT2D eigenvalue weighted by Crippen LogP contribution is -2.50. The number of piperazine rings is 1. The van der Waals surface area contributed by atoms with Gasteiger partial charge in [-0.25, -0.2) is 0 Å². The fraction of sp³-hybridized carbons (Fsp3) is 0.429. The second-order valence-corrected chi connectivity index (χ2v) is 5.05. The summed E-state index contributed by atoms with van der Waals surface area (Å²) in [6, 6.07) is 12.1. The van der Waals surface area contributed by atoms with E-state index in [1.165, 1.54) is 0 Å². The van der Waals surface area contributed by atoms with E-state index in [1.807, 2.05) is 37.3 Å². The average molecular weight is 283 g/mol. The lowest BCUT2D eigenvalue weighted by Gasteiger charge is -2.35. The number of nitriles is 1. The van der Waals surface area contributed by atoms with Gasteiger partial charge in [0.1, 0.15) is 0 Å². The quantitative estimate of drug-likeness (QED) is 0.825. The zero-order valence-corrected chi connectivity index (χ0v) is 11.9. The summed E-state index contributed by atoms with van der Waals surface area (Å²) in [4.78, 5) is 4.33. The van der Waals surface area contributed by atoms with Gasteiger partial charge in [0.25, 0.3) is 0 Å². The van der Waals surface area contributed by atoms with Gasteiger partial charge in [-0.2, -0.15) is 9.94 Å². The molecule has 0 aliphatic carbocycles. The maximum absolute atomic E-state index is 8.99. The smallest absolute Gasteiger partial charge is 0.250 e. The summed E-state index contributed by atoms with van der Waals surface area (Å²) in [5, 5.41) is 21.0. The van der Waals surface area contributed by atoms with Gasteiger partial charge in [0.15, 0.2) is 0 Å². The molecule has 1 aromatic carbocycles. The standard InChI is InChI=1S/C14H17N7/c1-12(11-15)19-7-9-20(10-8-19)14-16-17-18-21(14)13-5-3-2-4-6-13/h2-6,12H,7-10H2,1H3. The van der Waals surface area contributed by atoms with Gasteiger partial charge in [-0.1, -0.05) is 23.3 Å². The van der Waals surface area contributed by atoms with Gasteiger partial charge >= 0.3 is 0 Å². The molecule has 1 aromatic heterocycles. The van der Waals surface area contributed by atoms with Crippen LogP contribution in [-0.4, -0.2) is 57.3 Å². The monoisotopic (exact) mass is 283 g/mol. The molecule has 0 spiro atoms. The van der Waals surface area contributed by atoms with Crippen molar-refractivity contribution in [2.75, 3.05) is 31.1 Å². The second-order valence-electron chi connectivity index (χ2n) is 5.05. The van der Waals surface area contributed by atoms with Crippen molar-refractivity contribution in [2.45, 2.75) is 13.0 Å². The van der Waals surface area contributed by atoms with E-state index < -0.39 is 0 Å². The molecular weight excluding hydrogens is 266 g/mol. The van der Waals surface area contributed by atoms with Gasteiger partial charge in [0.2, 0.25) is 5.95 Å². The van der Waals surface area contributed by atoms with Crippen molar-refractivity contribution in [2.24, 2.45) is 0 Å². The predicted molar refractivity (Wildman–Crippen MR) is 78.0 cm³/mol. The molecule has 1 fully saturated rings. The first-order chi connectivity index (χ1) is 10.3. The summed E-state index contributed by atoms with van der Waals surface area (Å²) in [5.41, 5.74) is 0.949. The van der Waals surface area contributed by atoms with Crippen molar-refractivity contribution < 1.29 is 0 Å². The summed E-state index contributed by atoms with van der Waals surface area (Å²) >= 11 is 0. The Balaban J connectivity index is 1.76. The van der Waals surface area contributed by atoms with Crippen LogP contribution in [0.1, 0.15) is 6.92 Å². The number of hydrogen-bond donors (Lipinski definition) is 0. The highest BCUT2D eigenvalue weighted by atomic mass is 15.6. The van der Waals surface area contributed by atoms with E-state index in [2.05, 4.69) is 31.4 Å². The van der Waals surface area contributed by atoms with Gasteiger partial charge in [-0.15, -0.1) is 0 Å². The molecule has 1 atom stereocenters. The third-order valence-corrected chi connectivity index (χ3v) is 3.79. The van der Waals surface area contributed by atoms with Crippen molar-refractivity contribution >= 4 is 5.95 Å². The summed E-state index contributed by atoms with van der Waals surface area (Å²) < 4.78 is 1.75. The minimum atomic E-state index is -0.0442. The van der Waals surface area contributed by atoms with E-state index in [0.29, 0.717) is 0 Å². The molecule has 108 valence electrons. The molecule has 0 bridgehead atoms. The predicted octanol–water partition coefficient (Wildman–Crippen LogP) is 0.696. The highest BCUT2D eigenvalue weighted by Gasteiger charge is 2.24. The molecule has 0 amide bonds. The van der Waals surface area contributed by atoms with Gasteiger partial charge in [0.05, 0.1) is 17.8 Å². The normalized spacial score (nSPS) is 17.4. The first-order valence-corrected chi connectivity index (χ1v) is 7.02. The molecule has 21 heavy (non-hydrogen) atoms. The summed E-state index contributed by atoms with van der Waals surface area (Å²) in [5.74, 6) is 0.755. The topological polar surface area (TPSA) is 73.9 Å². The van der Waals surface area contributed by atoms with Gasteiger partial charge in [-0.3, -0.25) is 4.90 Å². The van der Waals surface area contributed by atoms with Crippen LogP contribution in [0.4, 0.5) is 5.95 Å². The molecule has 7 heteroatoms. The molecule has 0 saturated carbocycles. The number of hydrogen-bond acceptors (Lipinski definition) is 6. The lowest BCUT2D eigenvalue weighted by atomic mass is 10.2. The first kappa shape index (κ1) is 13.5. The van der Waals surface area contributed by atoms with Crippen LogP contribution in [0.3, 0.4) is 0 Å². The molecule has 0 radical (unpaired) electrons. The third-order valence-electron chi connectivity index (χ3n) is 3.79. The van der Waals surface area contributed by atoms with Crippen LogP contribution in [0.25, 0.3) is 5.69 Å². The van der Waals surface area contributed by atoms with Crippen molar-refractivity contribution in [3.8, 4) is 11.8 Å². The number of aromatic nitrogens is 4. The number of benzene rings is 1. The van der Waals surface area contributed by atoms with Crippen molar-refractivity contribution in [3.05, 3.63) is 30.3 Å². The third kappa shape index (κ3) is 2.71. The summed E-state index contributed by atoms with van der Waals surface area (Å²) in [6.07, 6.45) is 0. The van der Waals surface area contributed by atoms with Crippen LogP contribution in [0.15, 0.2) is 30.3 Å². The zero-order valence-electron chi connectivity index (χ0n) is 11.9. The maximum atomic E-state index is 8.99. The van der Waals surface area contributed by atoms with Crippen molar-refractivity contribution in [1.29, 1.82) is 5.26 Å². The fourth-order valence-corrected chi connectivity index (χ4v) is 2.51. The number of tetrazole rings is 1. The van der Waals surface area contributed by atoms with E-state index in [9.17, 15) is 0 Å². The van der Waals surface area contributed by atoms with Crippen LogP contribution in [0.5, 0.6) is 0 Å². The Morgan fingerprint density at radius 3 is 2.52 bits per heavy atom. The minimum absolute atomic E-state index is 0.0442. The molecule has 0 N–H and O–H groups in total. The zero-order chi connectivity index (χ0) is 14.7. The molecule has 7 nitrogen and oxygen atoms in total. The molecular formula is C14H17N7. The van der Waals surface area contributed by atoms with Gasteiger partial charge in [-0.05, 0) is 29.5 Å². The molecule has 2 heterocycles. The number of anilines is 1. The van der Waals surface area contributed by atoms with Gasteiger partial charge < -0.3 is 4.90 Å². The molecule has 3 rings (SSSR count). The van der Waals surface area contributed by atoms with Gasteiger partial charge in [0, 0.05) is 26.2 Å². The molecule has 1 aliphatic rings. The second kappa shape index (κ2) is 5.89. The largest absolute Gasteiger partial charge is 0.337 e.